The Balaban J connectivity index is 1.98. The zero-order chi connectivity index (χ0) is 11.6. The number of rotatable bonds is 8. The first-order chi connectivity index (χ1) is 7.75. The van der Waals surface area contributed by atoms with E-state index in [2.05, 4.69) is 24.1 Å². The highest BCUT2D eigenvalue weighted by Gasteiger charge is 2.46. The zero-order valence-electron chi connectivity index (χ0n) is 10.7. The van der Waals surface area contributed by atoms with Gasteiger partial charge in [0.1, 0.15) is 0 Å². The van der Waals surface area contributed by atoms with E-state index >= 15 is 0 Å². The lowest BCUT2D eigenvalue weighted by Crippen LogP contribution is -2.58. The Kier molecular flexibility index (Phi) is 3.88. The standard InChI is InChI=1S/C13H26N2O/c1-3-14-13(10-16,11-5-6-11)9-15(4-2)12-7-8-12/h11-12,14,16H,3-10H2,1-2H3. The fourth-order valence-electron chi connectivity index (χ4n) is 2.85. The van der Waals surface area contributed by atoms with E-state index in [-0.39, 0.29) is 12.1 Å². The molecule has 16 heavy (non-hydrogen) atoms. The molecule has 2 rings (SSSR count). The summed E-state index contributed by atoms with van der Waals surface area (Å²) in [4.78, 5) is 2.55. The molecule has 0 aromatic heterocycles. The van der Waals surface area contributed by atoms with E-state index in [1.165, 1.54) is 25.7 Å². The van der Waals surface area contributed by atoms with Crippen LogP contribution in [0, 0.1) is 5.92 Å². The third-order valence-corrected chi connectivity index (χ3v) is 4.12. The number of aliphatic hydroxyl groups excluding tert-OH is 1. The summed E-state index contributed by atoms with van der Waals surface area (Å²) < 4.78 is 0. The lowest BCUT2D eigenvalue weighted by Gasteiger charge is -2.38. The van der Waals surface area contributed by atoms with Crippen LogP contribution in [0.3, 0.4) is 0 Å². The molecule has 0 spiro atoms. The first-order valence-corrected chi connectivity index (χ1v) is 6.85. The Labute approximate surface area is 99.2 Å². The molecule has 3 nitrogen and oxygen atoms in total. The molecule has 94 valence electrons. The van der Waals surface area contributed by atoms with Gasteiger partial charge in [-0.1, -0.05) is 13.8 Å². The second-order valence-corrected chi connectivity index (χ2v) is 5.41. The van der Waals surface area contributed by atoms with Crippen molar-refractivity contribution in [3.63, 3.8) is 0 Å². The molecule has 2 fully saturated rings. The number of nitrogens with zero attached hydrogens (tertiary/aromatic N) is 1. The Morgan fingerprint density at radius 2 is 1.94 bits per heavy atom. The molecule has 0 radical (unpaired) electrons. The van der Waals surface area contributed by atoms with E-state index in [0.717, 1.165) is 25.7 Å². The summed E-state index contributed by atoms with van der Waals surface area (Å²) in [5.41, 5.74) is -0.0205. The van der Waals surface area contributed by atoms with E-state index in [1.807, 2.05) is 0 Å². The Morgan fingerprint density at radius 1 is 1.25 bits per heavy atom. The molecule has 1 atom stereocenters. The van der Waals surface area contributed by atoms with Crippen molar-refractivity contribution in [1.82, 2.24) is 10.2 Å². The normalized spacial score (nSPS) is 24.8. The van der Waals surface area contributed by atoms with Crippen LogP contribution in [-0.2, 0) is 0 Å². The molecular weight excluding hydrogens is 200 g/mol. The van der Waals surface area contributed by atoms with E-state index in [9.17, 15) is 5.11 Å². The molecule has 2 aliphatic rings. The lowest BCUT2D eigenvalue weighted by atomic mass is 9.93. The SMILES string of the molecule is CCNC(CO)(CN(CC)C1CC1)C1CC1. The lowest BCUT2D eigenvalue weighted by molar-refractivity contribution is 0.0907. The predicted octanol–water partition coefficient (Wildman–Crippen LogP) is 1.22. The number of hydrogen-bond acceptors (Lipinski definition) is 3. The highest BCUT2D eigenvalue weighted by Crippen LogP contribution is 2.41. The monoisotopic (exact) mass is 226 g/mol. The van der Waals surface area contributed by atoms with Crippen molar-refractivity contribution in [2.75, 3.05) is 26.2 Å². The molecule has 0 saturated heterocycles. The van der Waals surface area contributed by atoms with Gasteiger partial charge in [0.05, 0.1) is 12.1 Å². The Hall–Kier alpha value is -0.120. The fraction of sp³-hybridized carbons (Fsp3) is 1.00. The van der Waals surface area contributed by atoms with Gasteiger partial charge >= 0.3 is 0 Å². The third kappa shape index (κ3) is 2.58. The van der Waals surface area contributed by atoms with Crippen molar-refractivity contribution < 1.29 is 5.11 Å². The molecule has 2 aliphatic carbocycles. The van der Waals surface area contributed by atoms with Gasteiger partial charge in [-0.2, -0.15) is 0 Å². The van der Waals surface area contributed by atoms with E-state index in [4.69, 9.17) is 0 Å². The summed E-state index contributed by atoms with van der Waals surface area (Å²) >= 11 is 0. The van der Waals surface area contributed by atoms with Crippen LogP contribution in [0.2, 0.25) is 0 Å². The maximum Gasteiger partial charge on any atom is 0.0628 e. The molecular formula is C13H26N2O. The molecule has 0 aliphatic heterocycles. The van der Waals surface area contributed by atoms with Crippen molar-refractivity contribution >= 4 is 0 Å². The predicted molar refractivity (Wildman–Crippen MR) is 66.5 cm³/mol. The van der Waals surface area contributed by atoms with Crippen molar-refractivity contribution in [2.45, 2.75) is 51.1 Å². The summed E-state index contributed by atoms with van der Waals surface area (Å²) in [6, 6.07) is 0.799. The molecule has 0 aromatic rings. The average Bonchev–Trinajstić information content (AvgIpc) is 3.16. The highest BCUT2D eigenvalue weighted by molar-refractivity contribution is 5.04. The molecule has 0 aromatic carbocycles. The zero-order valence-corrected chi connectivity index (χ0v) is 10.7. The second kappa shape index (κ2) is 5.03. The van der Waals surface area contributed by atoms with Gasteiger partial charge in [0, 0.05) is 12.6 Å². The maximum atomic E-state index is 9.78. The molecule has 1 unspecified atom stereocenters. The first kappa shape index (κ1) is 12.3. The van der Waals surface area contributed by atoms with Gasteiger partial charge in [-0.3, -0.25) is 4.90 Å². The Morgan fingerprint density at radius 3 is 2.31 bits per heavy atom. The van der Waals surface area contributed by atoms with Crippen molar-refractivity contribution in [2.24, 2.45) is 5.92 Å². The van der Waals surface area contributed by atoms with Crippen LogP contribution in [0.1, 0.15) is 39.5 Å². The number of nitrogens with one attached hydrogen (secondary N) is 1. The largest absolute Gasteiger partial charge is 0.394 e. The van der Waals surface area contributed by atoms with Gasteiger partial charge in [0.25, 0.3) is 0 Å². The van der Waals surface area contributed by atoms with Crippen LogP contribution >= 0.6 is 0 Å². The van der Waals surface area contributed by atoms with Crippen LogP contribution in [-0.4, -0.2) is 47.8 Å². The molecule has 0 amide bonds. The van der Waals surface area contributed by atoms with Crippen molar-refractivity contribution in [3.05, 3.63) is 0 Å². The van der Waals surface area contributed by atoms with E-state index < -0.39 is 0 Å². The maximum absolute atomic E-state index is 9.78. The minimum Gasteiger partial charge on any atom is -0.394 e. The quantitative estimate of drug-likeness (QED) is 0.653. The van der Waals surface area contributed by atoms with Crippen LogP contribution in [0.4, 0.5) is 0 Å². The van der Waals surface area contributed by atoms with Gasteiger partial charge in [-0.15, -0.1) is 0 Å². The number of likely N-dealkylation sites (N-methyl/N-ethyl adjacent to an activating group) is 2. The minimum absolute atomic E-state index is 0.0205. The van der Waals surface area contributed by atoms with Gasteiger partial charge < -0.3 is 10.4 Å². The smallest absolute Gasteiger partial charge is 0.0628 e. The molecule has 2 saturated carbocycles. The molecule has 0 heterocycles. The van der Waals surface area contributed by atoms with Crippen molar-refractivity contribution in [1.29, 1.82) is 0 Å². The first-order valence-electron chi connectivity index (χ1n) is 6.85. The van der Waals surface area contributed by atoms with Gasteiger partial charge in [0.2, 0.25) is 0 Å². The minimum atomic E-state index is -0.0205. The summed E-state index contributed by atoms with van der Waals surface area (Å²) in [5, 5.41) is 13.3. The van der Waals surface area contributed by atoms with E-state index in [0.29, 0.717) is 5.92 Å². The number of hydrogen-bond donors (Lipinski definition) is 2. The van der Waals surface area contributed by atoms with Crippen LogP contribution in [0.15, 0.2) is 0 Å². The van der Waals surface area contributed by atoms with Gasteiger partial charge in [-0.25, -0.2) is 0 Å². The molecule has 0 bridgehead atoms. The molecule has 2 N–H and O–H groups in total. The highest BCUT2D eigenvalue weighted by atomic mass is 16.3. The number of aliphatic hydroxyl groups is 1. The van der Waals surface area contributed by atoms with E-state index in [1.54, 1.807) is 0 Å². The van der Waals surface area contributed by atoms with Crippen LogP contribution in [0.5, 0.6) is 0 Å². The summed E-state index contributed by atoms with van der Waals surface area (Å²) in [6.07, 6.45) is 5.28. The van der Waals surface area contributed by atoms with Crippen LogP contribution in [0.25, 0.3) is 0 Å². The van der Waals surface area contributed by atoms with Crippen LogP contribution < -0.4 is 5.32 Å². The Bertz CT molecular complexity index is 226. The topological polar surface area (TPSA) is 35.5 Å². The second-order valence-electron chi connectivity index (χ2n) is 5.41. The fourth-order valence-corrected chi connectivity index (χ4v) is 2.85. The summed E-state index contributed by atoms with van der Waals surface area (Å²) in [5.74, 6) is 0.699. The molecule has 3 heteroatoms. The van der Waals surface area contributed by atoms with Gasteiger partial charge in [0.15, 0.2) is 0 Å². The average molecular weight is 226 g/mol. The summed E-state index contributed by atoms with van der Waals surface area (Å²) in [6.45, 7) is 7.77. The van der Waals surface area contributed by atoms with Gasteiger partial charge in [-0.05, 0) is 44.7 Å². The third-order valence-electron chi connectivity index (χ3n) is 4.12. The van der Waals surface area contributed by atoms with Crippen molar-refractivity contribution in [3.8, 4) is 0 Å². The summed E-state index contributed by atoms with van der Waals surface area (Å²) in [7, 11) is 0.